The van der Waals surface area contributed by atoms with Gasteiger partial charge in [-0.1, -0.05) is 22.9 Å². The first-order valence-electron chi connectivity index (χ1n) is 6.22. The number of halogens is 1. The lowest BCUT2D eigenvalue weighted by Crippen LogP contribution is -2.06. The van der Waals surface area contributed by atoms with Crippen LogP contribution in [0.2, 0.25) is 0 Å². The van der Waals surface area contributed by atoms with Crippen LogP contribution in [0.4, 0.5) is 5.69 Å². The Balaban J connectivity index is 1.94. The number of hydrogen-bond donors (Lipinski definition) is 1. The molecular weight excluding hydrogens is 290 g/mol. The van der Waals surface area contributed by atoms with Gasteiger partial charge in [-0.2, -0.15) is 5.10 Å². The summed E-state index contributed by atoms with van der Waals surface area (Å²) >= 11 is 3.43. The Hall–Kier alpha value is -1.29. The van der Waals surface area contributed by atoms with E-state index in [2.05, 4.69) is 58.4 Å². The Morgan fingerprint density at radius 2 is 2.00 bits per heavy atom. The van der Waals surface area contributed by atoms with Crippen molar-refractivity contribution in [2.45, 2.75) is 32.9 Å². The van der Waals surface area contributed by atoms with E-state index >= 15 is 0 Å². The van der Waals surface area contributed by atoms with Crippen molar-refractivity contribution >= 4 is 21.6 Å². The SMILES string of the molecule is CCC(C)n1ccc(CNc2ccc(Br)cc2)n1. The number of hydrogen-bond acceptors (Lipinski definition) is 2. The van der Waals surface area contributed by atoms with Crippen molar-refractivity contribution < 1.29 is 0 Å². The molecule has 0 spiro atoms. The van der Waals surface area contributed by atoms with E-state index in [1.807, 2.05) is 23.0 Å². The maximum absolute atomic E-state index is 4.56. The molecule has 4 heteroatoms. The van der Waals surface area contributed by atoms with E-state index in [1.165, 1.54) is 0 Å². The van der Waals surface area contributed by atoms with E-state index in [1.54, 1.807) is 0 Å². The Morgan fingerprint density at radius 3 is 2.67 bits per heavy atom. The Bertz CT molecular complexity index is 490. The summed E-state index contributed by atoms with van der Waals surface area (Å²) in [5.74, 6) is 0. The topological polar surface area (TPSA) is 29.9 Å². The van der Waals surface area contributed by atoms with Gasteiger partial charge in [-0.3, -0.25) is 4.68 Å². The molecule has 2 aromatic rings. The summed E-state index contributed by atoms with van der Waals surface area (Å²) in [7, 11) is 0. The number of anilines is 1. The third-order valence-corrected chi connectivity index (χ3v) is 3.55. The monoisotopic (exact) mass is 307 g/mol. The first-order valence-corrected chi connectivity index (χ1v) is 7.02. The molecule has 18 heavy (non-hydrogen) atoms. The van der Waals surface area contributed by atoms with Crippen molar-refractivity contribution in [2.24, 2.45) is 0 Å². The van der Waals surface area contributed by atoms with Gasteiger partial charge < -0.3 is 5.32 Å². The van der Waals surface area contributed by atoms with E-state index in [0.717, 1.165) is 28.8 Å². The van der Waals surface area contributed by atoms with Gasteiger partial charge in [0.25, 0.3) is 0 Å². The lowest BCUT2D eigenvalue weighted by molar-refractivity contribution is 0.474. The maximum Gasteiger partial charge on any atom is 0.0815 e. The van der Waals surface area contributed by atoms with Crippen LogP contribution >= 0.6 is 15.9 Å². The number of nitrogens with zero attached hydrogens (tertiary/aromatic N) is 2. The van der Waals surface area contributed by atoms with Gasteiger partial charge in [-0.25, -0.2) is 0 Å². The van der Waals surface area contributed by atoms with Gasteiger partial charge in [0.05, 0.1) is 12.2 Å². The summed E-state index contributed by atoms with van der Waals surface area (Å²) in [6.07, 6.45) is 3.15. The first-order chi connectivity index (χ1) is 8.69. The zero-order valence-electron chi connectivity index (χ0n) is 10.7. The predicted octanol–water partition coefficient (Wildman–Crippen LogP) is 4.23. The number of benzene rings is 1. The van der Waals surface area contributed by atoms with Crippen LogP contribution < -0.4 is 5.32 Å². The molecule has 0 saturated carbocycles. The maximum atomic E-state index is 4.56. The molecule has 0 radical (unpaired) electrons. The highest BCUT2D eigenvalue weighted by atomic mass is 79.9. The quantitative estimate of drug-likeness (QED) is 0.896. The fraction of sp³-hybridized carbons (Fsp3) is 0.357. The Labute approximate surface area is 116 Å². The standard InChI is InChI=1S/C14H18BrN3/c1-3-11(2)18-9-8-14(17-18)10-16-13-6-4-12(15)5-7-13/h4-9,11,16H,3,10H2,1-2H3. The molecule has 0 bridgehead atoms. The van der Waals surface area contributed by atoms with Crippen LogP contribution in [-0.2, 0) is 6.54 Å². The minimum atomic E-state index is 0.464. The highest BCUT2D eigenvalue weighted by Gasteiger charge is 2.04. The zero-order chi connectivity index (χ0) is 13.0. The molecular formula is C14H18BrN3. The van der Waals surface area contributed by atoms with Crippen LogP contribution in [0.5, 0.6) is 0 Å². The highest BCUT2D eigenvalue weighted by Crippen LogP contribution is 2.15. The van der Waals surface area contributed by atoms with Crippen LogP contribution in [-0.4, -0.2) is 9.78 Å². The summed E-state index contributed by atoms with van der Waals surface area (Å²) in [6, 6.07) is 10.7. The second kappa shape index (κ2) is 6.05. The van der Waals surface area contributed by atoms with Gasteiger partial charge in [0.1, 0.15) is 0 Å². The van der Waals surface area contributed by atoms with E-state index < -0.39 is 0 Å². The minimum Gasteiger partial charge on any atom is -0.379 e. The summed E-state index contributed by atoms with van der Waals surface area (Å²) in [6.45, 7) is 5.11. The average Bonchev–Trinajstić information content (AvgIpc) is 2.86. The average molecular weight is 308 g/mol. The molecule has 1 aromatic carbocycles. The lowest BCUT2D eigenvalue weighted by atomic mass is 10.3. The minimum absolute atomic E-state index is 0.464. The molecule has 0 fully saturated rings. The lowest BCUT2D eigenvalue weighted by Gasteiger charge is -2.08. The van der Waals surface area contributed by atoms with Crippen molar-refractivity contribution in [1.82, 2.24) is 9.78 Å². The smallest absolute Gasteiger partial charge is 0.0815 e. The van der Waals surface area contributed by atoms with Gasteiger partial charge in [0.2, 0.25) is 0 Å². The molecule has 0 saturated heterocycles. The fourth-order valence-corrected chi connectivity index (χ4v) is 1.93. The second-order valence-electron chi connectivity index (χ2n) is 4.40. The predicted molar refractivity (Wildman–Crippen MR) is 78.7 cm³/mol. The van der Waals surface area contributed by atoms with Crippen molar-refractivity contribution in [3.63, 3.8) is 0 Å². The van der Waals surface area contributed by atoms with Crippen molar-refractivity contribution in [1.29, 1.82) is 0 Å². The van der Waals surface area contributed by atoms with Gasteiger partial charge in [0, 0.05) is 22.4 Å². The van der Waals surface area contributed by atoms with E-state index in [4.69, 9.17) is 0 Å². The molecule has 1 N–H and O–H groups in total. The van der Waals surface area contributed by atoms with E-state index in [9.17, 15) is 0 Å². The van der Waals surface area contributed by atoms with Crippen LogP contribution in [0.25, 0.3) is 0 Å². The summed E-state index contributed by atoms with van der Waals surface area (Å²) < 4.78 is 3.12. The van der Waals surface area contributed by atoms with E-state index in [-0.39, 0.29) is 0 Å². The van der Waals surface area contributed by atoms with E-state index in [0.29, 0.717) is 6.04 Å². The molecule has 0 amide bonds. The Kier molecular flexibility index (Phi) is 4.42. The Morgan fingerprint density at radius 1 is 1.28 bits per heavy atom. The van der Waals surface area contributed by atoms with Crippen LogP contribution in [0, 0.1) is 0 Å². The van der Waals surface area contributed by atoms with Gasteiger partial charge >= 0.3 is 0 Å². The van der Waals surface area contributed by atoms with Crippen LogP contribution in [0.15, 0.2) is 41.0 Å². The normalized spacial score (nSPS) is 12.4. The molecule has 0 aliphatic heterocycles. The molecule has 96 valence electrons. The third kappa shape index (κ3) is 3.35. The summed E-state index contributed by atoms with van der Waals surface area (Å²) in [4.78, 5) is 0. The second-order valence-corrected chi connectivity index (χ2v) is 5.32. The van der Waals surface area contributed by atoms with Crippen molar-refractivity contribution in [3.8, 4) is 0 Å². The molecule has 3 nitrogen and oxygen atoms in total. The molecule has 1 aromatic heterocycles. The first kappa shape index (κ1) is 13.1. The number of rotatable bonds is 5. The molecule has 2 rings (SSSR count). The highest BCUT2D eigenvalue weighted by molar-refractivity contribution is 9.10. The zero-order valence-corrected chi connectivity index (χ0v) is 12.3. The van der Waals surface area contributed by atoms with Gasteiger partial charge in [-0.05, 0) is 43.7 Å². The fourth-order valence-electron chi connectivity index (χ4n) is 1.66. The number of aromatic nitrogens is 2. The molecule has 1 atom stereocenters. The van der Waals surface area contributed by atoms with Crippen LogP contribution in [0.3, 0.4) is 0 Å². The molecule has 1 unspecified atom stereocenters. The van der Waals surface area contributed by atoms with Crippen LogP contribution in [0.1, 0.15) is 32.0 Å². The number of nitrogens with one attached hydrogen (secondary N) is 1. The summed E-state index contributed by atoms with van der Waals surface area (Å²) in [5, 5.41) is 7.92. The third-order valence-electron chi connectivity index (χ3n) is 3.02. The largest absolute Gasteiger partial charge is 0.379 e. The van der Waals surface area contributed by atoms with Gasteiger partial charge in [-0.15, -0.1) is 0 Å². The van der Waals surface area contributed by atoms with Crippen molar-refractivity contribution in [2.75, 3.05) is 5.32 Å². The van der Waals surface area contributed by atoms with Crippen molar-refractivity contribution in [3.05, 3.63) is 46.7 Å². The molecule has 1 heterocycles. The molecule has 0 aliphatic carbocycles. The molecule has 0 aliphatic rings. The summed E-state index contributed by atoms with van der Waals surface area (Å²) in [5.41, 5.74) is 2.18. The van der Waals surface area contributed by atoms with Gasteiger partial charge in [0.15, 0.2) is 0 Å².